The third-order valence-electron chi connectivity index (χ3n) is 5.07. The topological polar surface area (TPSA) is 41.5 Å². The molecule has 4 rings (SSSR count). The summed E-state index contributed by atoms with van der Waals surface area (Å²) >= 11 is 0. The summed E-state index contributed by atoms with van der Waals surface area (Å²) in [6, 6.07) is 12.6. The average Bonchev–Trinajstić information content (AvgIpc) is 2.67. The van der Waals surface area contributed by atoms with Crippen LogP contribution in [-0.4, -0.2) is 53.7 Å². The Hall–Kier alpha value is -2.14. The Labute approximate surface area is 143 Å². The number of piperidine rings is 1. The van der Waals surface area contributed by atoms with E-state index in [0.717, 1.165) is 44.5 Å². The SMILES string of the molecule is c1ccc(OCC2CC[C@@H]3CN(c4ncccn4)CCN3C2)cc1. The number of nitrogens with zero attached hydrogens (tertiary/aromatic N) is 4. The first kappa shape index (κ1) is 15.4. The van der Waals surface area contributed by atoms with Gasteiger partial charge in [-0.05, 0) is 31.0 Å². The molecule has 0 amide bonds. The Morgan fingerprint density at radius 1 is 0.958 bits per heavy atom. The van der Waals surface area contributed by atoms with Gasteiger partial charge < -0.3 is 9.64 Å². The summed E-state index contributed by atoms with van der Waals surface area (Å²) in [6.07, 6.45) is 6.11. The lowest BCUT2D eigenvalue weighted by Crippen LogP contribution is -2.57. The number of aromatic nitrogens is 2. The van der Waals surface area contributed by atoms with Crippen LogP contribution in [0.1, 0.15) is 12.8 Å². The first-order chi connectivity index (χ1) is 11.9. The molecule has 24 heavy (non-hydrogen) atoms. The van der Waals surface area contributed by atoms with Crippen LogP contribution in [0.25, 0.3) is 0 Å². The van der Waals surface area contributed by atoms with Crippen molar-refractivity contribution in [2.24, 2.45) is 5.92 Å². The highest BCUT2D eigenvalue weighted by Gasteiger charge is 2.33. The van der Waals surface area contributed by atoms with Crippen LogP contribution in [0, 0.1) is 5.92 Å². The summed E-state index contributed by atoms with van der Waals surface area (Å²) in [5, 5.41) is 0. The lowest BCUT2D eigenvalue weighted by atomic mass is 9.91. The number of hydrogen-bond acceptors (Lipinski definition) is 5. The largest absolute Gasteiger partial charge is 0.493 e. The van der Waals surface area contributed by atoms with E-state index < -0.39 is 0 Å². The number of fused-ring (bicyclic) bond motifs is 1. The van der Waals surface area contributed by atoms with Crippen molar-refractivity contribution in [1.29, 1.82) is 0 Å². The molecule has 0 aliphatic carbocycles. The van der Waals surface area contributed by atoms with Crippen molar-refractivity contribution < 1.29 is 4.74 Å². The van der Waals surface area contributed by atoms with Gasteiger partial charge in [-0.3, -0.25) is 4.90 Å². The minimum atomic E-state index is 0.621. The fraction of sp³-hybridized carbons (Fsp3) is 0.474. The van der Waals surface area contributed by atoms with Gasteiger partial charge in [-0.2, -0.15) is 0 Å². The monoisotopic (exact) mass is 324 g/mol. The molecule has 126 valence electrons. The van der Waals surface area contributed by atoms with E-state index in [9.17, 15) is 0 Å². The maximum atomic E-state index is 5.96. The number of hydrogen-bond donors (Lipinski definition) is 0. The molecular formula is C19H24N4O. The zero-order chi connectivity index (χ0) is 16.2. The lowest BCUT2D eigenvalue weighted by Gasteiger charge is -2.46. The second-order valence-corrected chi connectivity index (χ2v) is 6.71. The smallest absolute Gasteiger partial charge is 0.225 e. The highest BCUT2D eigenvalue weighted by molar-refractivity contribution is 5.30. The van der Waals surface area contributed by atoms with Crippen molar-refractivity contribution in [2.45, 2.75) is 18.9 Å². The predicted molar refractivity (Wildman–Crippen MR) is 94.3 cm³/mol. The van der Waals surface area contributed by atoms with E-state index in [1.807, 2.05) is 48.8 Å². The Morgan fingerprint density at radius 2 is 1.79 bits per heavy atom. The minimum absolute atomic E-state index is 0.621. The van der Waals surface area contributed by atoms with Crippen LogP contribution in [-0.2, 0) is 0 Å². The lowest BCUT2D eigenvalue weighted by molar-refractivity contribution is 0.0725. The van der Waals surface area contributed by atoms with Crippen molar-refractivity contribution >= 4 is 5.95 Å². The van der Waals surface area contributed by atoms with Crippen LogP contribution in [0.4, 0.5) is 5.95 Å². The van der Waals surface area contributed by atoms with Gasteiger partial charge in [0.2, 0.25) is 5.95 Å². The van der Waals surface area contributed by atoms with Crippen molar-refractivity contribution in [3.63, 3.8) is 0 Å². The summed E-state index contributed by atoms with van der Waals surface area (Å²) in [5.74, 6) is 2.47. The molecule has 1 unspecified atom stereocenters. The van der Waals surface area contributed by atoms with Gasteiger partial charge in [0.1, 0.15) is 5.75 Å². The van der Waals surface area contributed by atoms with Crippen LogP contribution < -0.4 is 9.64 Å². The average molecular weight is 324 g/mol. The number of para-hydroxylation sites is 1. The van der Waals surface area contributed by atoms with Gasteiger partial charge in [0.05, 0.1) is 6.61 Å². The Kier molecular flexibility index (Phi) is 4.60. The molecule has 0 radical (unpaired) electrons. The number of rotatable bonds is 4. The zero-order valence-electron chi connectivity index (χ0n) is 13.9. The molecule has 3 heterocycles. The van der Waals surface area contributed by atoms with E-state index in [-0.39, 0.29) is 0 Å². The van der Waals surface area contributed by atoms with Gasteiger partial charge in [0.25, 0.3) is 0 Å². The van der Waals surface area contributed by atoms with Gasteiger partial charge in [-0.15, -0.1) is 0 Å². The summed E-state index contributed by atoms with van der Waals surface area (Å²) < 4.78 is 5.96. The second kappa shape index (κ2) is 7.18. The number of piperazine rings is 1. The Balaban J connectivity index is 1.30. The first-order valence-electron chi connectivity index (χ1n) is 8.82. The van der Waals surface area contributed by atoms with E-state index in [1.165, 1.54) is 12.8 Å². The Bertz CT molecular complexity index is 636. The van der Waals surface area contributed by atoms with Crippen molar-refractivity contribution in [2.75, 3.05) is 37.7 Å². The highest BCUT2D eigenvalue weighted by atomic mass is 16.5. The molecule has 5 heteroatoms. The van der Waals surface area contributed by atoms with E-state index in [4.69, 9.17) is 4.74 Å². The van der Waals surface area contributed by atoms with Gasteiger partial charge in [0, 0.05) is 50.5 Å². The van der Waals surface area contributed by atoms with Gasteiger partial charge in [0.15, 0.2) is 0 Å². The van der Waals surface area contributed by atoms with E-state index >= 15 is 0 Å². The summed E-state index contributed by atoms with van der Waals surface area (Å²) in [4.78, 5) is 13.7. The van der Waals surface area contributed by atoms with Crippen molar-refractivity contribution in [3.05, 3.63) is 48.8 Å². The molecule has 2 fully saturated rings. The molecule has 2 atom stereocenters. The minimum Gasteiger partial charge on any atom is -0.493 e. The zero-order valence-corrected chi connectivity index (χ0v) is 13.9. The molecule has 5 nitrogen and oxygen atoms in total. The van der Waals surface area contributed by atoms with E-state index in [0.29, 0.717) is 12.0 Å². The Morgan fingerprint density at radius 3 is 2.62 bits per heavy atom. The molecule has 2 saturated heterocycles. The van der Waals surface area contributed by atoms with Crippen molar-refractivity contribution in [3.8, 4) is 5.75 Å². The number of ether oxygens (including phenoxy) is 1. The molecule has 0 saturated carbocycles. The summed E-state index contributed by atoms with van der Waals surface area (Å²) in [6.45, 7) is 5.09. The fourth-order valence-electron chi connectivity index (χ4n) is 3.76. The maximum absolute atomic E-state index is 5.96. The third kappa shape index (κ3) is 3.51. The van der Waals surface area contributed by atoms with Crippen molar-refractivity contribution in [1.82, 2.24) is 14.9 Å². The second-order valence-electron chi connectivity index (χ2n) is 6.71. The fourth-order valence-corrected chi connectivity index (χ4v) is 3.76. The van der Waals surface area contributed by atoms with Crippen LogP contribution in [0.5, 0.6) is 5.75 Å². The molecule has 0 N–H and O–H groups in total. The first-order valence-corrected chi connectivity index (χ1v) is 8.82. The normalized spacial score (nSPS) is 24.4. The van der Waals surface area contributed by atoms with Crippen LogP contribution in [0.3, 0.4) is 0 Å². The quantitative estimate of drug-likeness (QED) is 0.864. The van der Waals surface area contributed by atoms with E-state index in [1.54, 1.807) is 0 Å². The molecule has 1 aromatic heterocycles. The molecule has 0 bridgehead atoms. The molecule has 1 aromatic carbocycles. The number of benzene rings is 1. The standard InChI is InChI=1S/C19H24N4O/c1-2-5-18(6-3-1)24-15-16-7-8-17-14-23(12-11-22(17)13-16)19-20-9-4-10-21-19/h1-6,9-10,16-17H,7-8,11-15H2/t16?,17-/m1/s1. The third-order valence-corrected chi connectivity index (χ3v) is 5.07. The van der Waals surface area contributed by atoms with Crippen LogP contribution in [0.15, 0.2) is 48.8 Å². The van der Waals surface area contributed by atoms with E-state index in [2.05, 4.69) is 19.8 Å². The summed E-state index contributed by atoms with van der Waals surface area (Å²) in [7, 11) is 0. The highest BCUT2D eigenvalue weighted by Crippen LogP contribution is 2.27. The number of anilines is 1. The molecule has 2 aromatic rings. The molecule has 2 aliphatic rings. The van der Waals surface area contributed by atoms with Crippen LogP contribution in [0.2, 0.25) is 0 Å². The van der Waals surface area contributed by atoms with Gasteiger partial charge in [-0.25, -0.2) is 9.97 Å². The molecule has 0 spiro atoms. The predicted octanol–water partition coefficient (Wildman–Crippen LogP) is 2.46. The van der Waals surface area contributed by atoms with Gasteiger partial charge in [-0.1, -0.05) is 18.2 Å². The van der Waals surface area contributed by atoms with Crippen LogP contribution >= 0.6 is 0 Å². The van der Waals surface area contributed by atoms with Gasteiger partial charge >= 0.3 is 0 Å². The molecule has 2 aliphatic heterocycles. The summed E-state index contributed by atoms with van der Waals surface area (Å²) in [5.41, 5.74) is 0. The molecular weight excluding hydrogens is 300 g/mol. The maximum Gasteiger partial charge on any atom is 0.225 e.